The van der Waals surface area contributed by atoms with Gasteiger partial charge < -0.3 is 9.84 Å². The predicted octanol–water partition coefficient (Wildman–Crippen LogP) is 6.14. The molecule has 4 aromatic rings. The van der Waals surface area contributed by atoms with Gasteiger partial charge in [-0.05, 0) is 60.3 Å². The van der Waals surface area contributed by atoms with Crippen LogP contribution in [-0.2, 0) is 0 Å². The van der Waals surface area contributed by atoms with Crippen LogP contribution in [0.5, 0.6) is 5.75 Å². The van der Waals surface area contributed by atoms with Crippen molar-refractivity contribution < 1.29 is 9.84 Å². The maximum absolute atomic E-state index is 9.25. The van der Waals surface area contributed by atoms with Gasteiger partial charge in [0.2, 0.25) is 0 Å². The Morgan fingerprint density at radius 1 is 0.727 bits per heavy atom. The zero-order valence-electron chi connectivity index (χ0n) is 18.6. The van der Waals surface area contributed by atoms with Crippen LogP contribution in [0.1, 0.15) is 24.3 Å². The fourth-order valence-electron chi connectivity index (χ4n) is 4.04. The van der Waals surface area contributed by atoms with Gasteiger partial charge in [0.1, 0.15) is 5.75 Å². The zero-order valence-corrected chi connectivity index (χ0v) is 21.1. The molecule has 1 aliphatic carbocycles. The molecule has 5 rings (SSSR count). The molecule has 0 unspecified atom stereocenters. The Morgan fingerprint density at radius 2 is 1.18 bits per heavy atom. The molecular weight excluding hydrogens is 491 g/mol. The van der Waals surface area contributed by atoms with Crippen molar-refractivity contribution in [1.82, 2.24) is 0 Å². The number of hydrogen-bond acceptors (Lipinski definition) is 2. The molecule has 33 heavy (non-hydrogen) atoms. The average molecular weight is 519 g/mol. The van der Waals surface area contributed by atoms with Crippen LogP contribution >= 0.6 is 23.9 Å². The summed E-state index contributed by atoms with van der Waals surface area (Å²) < 4.78 is 6.33. The Bertz CT molecular complexity index is 1040. The number of benzene rings is 4. The van der Waals surface area contributed by atoms with Gasteiger partial charge >= 0.3 is 0 Å². The first kappa shape index (κ1) is 23.7. The lowest BCUT2D eigenvalue weighted by atomic mass is 9.77. The average Bonchev–Trinajstić information content (AvgIpc) is 2.85. The number of aliphatic hydroxyl groups excluding tert-OH is 1. The Balaban J connectivity index is 0.000000165. The highest BCUT2D eigenvalue weighted by atomic mass is 79.9. The fourth-order valence-corrected chi connectivity index (χ4v) is 6.69. The van der Waals surface area contributed by atoms with E-state index in [0.29, 0.717) is 5.92 Å². The Morgan fingerprint density at radius 3 is 1.58 bits per heavy atom. The second-order valence-electron chi connectivity index (χ2n) is 8.05. The van der Waals surface area contributed by atoms with Crippen molar-refractivity contribution in [3.63, 3.8) is 0 Å². The molecule has 168 valence electrons. The molecule has 2 nitrogen and oxygen atoms in total. The maximum Gasteiger partial charge on any atom is 0.123 e. The molecule has 0 spiro atoms. The van der Waals surface area contributed by atoms with Gasteiger partial charge in [-0.15, -0.1) is 0 Å². The second-order valence-corrected chi connectivity index (χ2v) is 11.2. The van der Waals surface area contributed by atoms with E-state index in [1.807, 2.05) is 12.1 Å². The first-order chi connectivity index (χ1) is 16.2. The minimum atomic E-state index is -0.446. The number of ether oxygens (including phenoxy) is 1. The molecule has 0 saturated heterocycles. The fraction of sp³-hybridized carbons (Fsp3) is 0.172. The molecular formula is C29H28BrO2P. The molecule has 0 amide bonds. The van der Waals surface area contributed by atoms with Crippen LogP contribution in [0, 0.1) is 0 Å². The summed E-state index contributed by atoms with van der Waals surface area (Å²) in [5.41, 5.74) is 1.21. The van der Waals surface area contributed by atoms with Gasteiger partial charge in [0.25, 0.3) is 0 Å². The third-order valence-electron chi connectivity index (χ3n) is 5.79. The van der Waals surface area contributed by atoms with Crippen LogP contribution in [0.2, 0.25) is 0 Å². The minimum Gasteiger partial charge on any atom is -0.496 e. The van der Waals surface area contributed by atoms with E-state index in [2.05, 4.69) is 113 Å². The highest BCUT2D eigenvalue weighted by Crippen LogP contribution is 2.41. The highest BCUT2D eigenvalue weighted by molar-refractivity contribution is 9.10. The molecule has 0 radical (unpaired) electrons. The second kappa shape index (κ2) is 11.6. The molecule has 0 aromatic heterocycles. The monoisotopic (exact) mass is 518 g/mol. The maximum atomic E-state index is 9.25. The summed E-state index contributed by atoms with van der Waals surface area (Å²) in [5, 5.41) is 13.4. The lowest BCUT2D eigenvalue weighted by molar-refractivity contribution is 0.0738. The lowest BCUT2D eigenvalue weighted by Gasteiger charge is -2.32. The van der Waals surface area contributed by atoms with Crippen molar-refractivity contribution in [1.29, 1.82) is 0 Å². The summed E-state index contributed by atoms with van der Waals surface area (Å²) in [6.07, 6.45) is 1.60. The summed E-state index contributed by atoms with van der Waals surface area (Å²) >= 11 is 3.41. The number of rotatable bonds is 5. The molecule has 0 bridgehead atoms. The zero-order chi connectivity index (χ0) is 23.0. The Labute approximate surface area is 206 Å². The van der Waals surface area contributed by atoms with E-state index in [9.17, 15) is 5.11 Å². The third kappa shape index (κ3) is 6.12. The van der Waals surface area contributed by atoms with Crippen LogP contribution in [0.4, 0.5) is 0 Å². The molecule has 1 saturated carbocycles. The van der Waals surface area contributed by atoms with Gasteiger partial charge in [0.15, 0.2) is 0 Å². The topological polar surface area (TPSA) is 29.5 Å². The van der Waals surface area contributed by atoms with E-state index in [0.717, 1.165) is 23.1 Å². The first-order valence-electron chi connectivity index (χ1n) is 11.1. The smallest absolute Gasteiger partial charge is 0.123 e. The van der Waals surface area contributed by atoms with Crippen molar-refractivity contribution in [2.75, 3.05) is 7.11 Å². The molecule has 1 N–H and O–H groups in total. The van der Waals surface area contributed by atoms with Gasteiger partial charge in [-0.2, -0.15) is 0 Å². The van der Waals surface area contributed by atoms with Crippen molar-refractivity contribution >= 4 is 39.8 Å². The van der Waals surface area contributed by atoms with Crippen molar-refractivity contribution in [2.45, 2.75) is 24.9 Å². The van der Waals surface area contributed by atoms with Crippen LogP contribution in [-0.4, -0.2) is 18.3 Å². The molecule has 0 aliphatic heterocycles. The van der Waals surface area contributed by atoms with Gasteiger partial charge in [-0.3, -0.25) is 0 Å². The summed E-state index contributed by atoms with van der Waals surface area (Å²) in [4.78, 5) is 0. The van der Waals surface area contributed by atoms with E-state index < -0.39 is 7.92 Å². The Kier molecular flexibility index (Phi) is 8.34. The summed E-state index contributed by atoms with van der Waals surface area (Å²) in [7, 11) is 1.23. The van der Waals surface area contributed by atoms with Gasteiger partial charge in [-0.1, -0.05) is 113 Å². The number of aliphatic hydroxyl groups is 1. The molecule has 1 fully saturated rings. The summed E-state index contributed by atoms with van der Waals surface area (Å²) in [6, 6.07) is 38.4. The van der Waals surface area contributed by atoms with Gasteiger partial charge in [-0.25, -0.2) is 0 Å². The SMILES string of the molecule is COc1cc(Br)ccc1C1CC(O)C1.c1ccc(P(c2ccccc2)c2ccccc2)cc1. The molecule has 4 heteroatoms. The van der Waals surface area contributed by atoms with E-state index >= 15 is 0 Å². The Hall–Kier alpha value is -2.45. The van der Waals surface area contributed by atoms with E-state index in [1.54, 1.807) is 7.11 Å². The molecule has 1 aliphatic rings. The molecule has 0 heterocycles. The van der Waals surface area contributed by atoms with Crippen molar-refractivity contribution in [3.8, 4) is 5.75 Å². The minimum absolute atomic E-state index is 0.117. The largest absolute Gasteiger partial charge is 0.496 e. The van der Waals surface area contributed by atoms with E-state index in [-0.39, 0.29) is 6.10 Å². The van der Waals surface area contributed by atoms with Crippen LogP contribution in [0.25, 0.3) is 0 Å². The molecule has 0 atom stereocenters. The predicted molar refractivity (Wildman–Crippen MR) is 144 cm³/mol. The quantitative estimate of drug-likeness (QED) is 0.321. The summed E-state index contributed by atoms with van der Waals surface area (Å²) in [5.74, 6) is 1.38. The third-order valence-corrected chi connectivity index (χ3v) is 8.73. The number of halogens is 1. The van der Waals surface area contributed by atoms with Crippen LogP contribution in [0.3, 0.4) is 0 Å². The lowest BCUT2D eigenvalue weighted by Crippen LogP contribution is -2.26. The van der Waals surface area contributed by atoms with Crippen LogP contribution < -0.4 is 20.7 Å². The van der Waals surface area contributed by atoms with Gasteiger partial charge in [0, 0.05) is 4.47 Å². The highest BCUT2D eigenvalue weighted by Gasteiger charge is 2.30. The van der Waals surface area contributed by atoms with E-state index in [4.69, 9.17) is 4.74 Å². The molecule has 4 aromatic carbocycles. The standard InChI is InChI=1S/C18H15P.C11H13BrO2/c1-4-10-16(11-5-1)19(17-12-6-2-7-13-17)18-14-8-3-9-15-18;1-14-11-6-8(12)2-3-10(11)7-4-9(13)5-7/h1-15H;2-3,6-7,9,13H,4-5H2,1H3. The first-order valence-corrected chi connectivity index (χ1v) is 13.3. The number of hydrogen-bond donors (Lipinski definition) is 1. The summed E-state index contributed by atoms with van der Waals surface area (Å²) in [6.45, 7) is 0. The van der Waals surface area contributed by atoms with Gasteiger partial charge in [0.05, 0.1) is 13.2 Å². The van der Waals surface area contributed by atoms with Crippen molar-refractivity contribution in [2.24, 2.45) is 0 Å². The van der Waals surface area contributed by atoms with E-state index in [1.165, 1.54) is 21.5 Å². The number of methoxy groups -OCH3 is 1. The van der Waals surface area contributed by atoms with Crippen LogP contribution in [0.15, 0.2) is 114 Å². The normalized spacial score (nSPS) is 17.0. The van der Waals surface area contributed by atoms with Crippen molar-refractivity contribution in [3.05, 3.63) is 119 Å².